The molecule has 0 radical (unpaired) electrons. The lowest BCUT2D eigenvalue weighted by Crippen LogP contribution is -2.41. The molecule has 0 aromatic carbocycles. The number of carbonyl (C=O) groups excluding carboxylic acids is 1. The summed E-state index contributed by atoms with van der Waals surface area (Å²) in [5.41, 5.74) is 0. The fraction of sp³-hybridized carbons (Fsp3) is 0.833. The minimum Gasteiger partial charge on any atom is -0.355 e. The first kappa shape index (κ1) is 7.06. The zero-order chi connectivity index (χ0) is 6.85. The smallest absolute Gasteiger partial charge is 0.234 e. The second kappa shape index (κ2) is 2.69. The second-order valence-electron chi connectivity index (χ2n) is 2.46. The Morgan fingerprint density at radius 2 is 2.44 bits per heavy atom. The molecule has 1 heterocycles. The number of halogens is 1. The van der Waals surface area contributed by atoms with Crippen LogP contribution < -0.4 is 5.32 Å². The number of alkyl halides is 1. The first-order valence-corrected chi connectivity index (χ1v) is 4.05. The van der Waals surface area contributed by atoms with Gasteiger partial charge < -0.3 is 5.32 Å². The summed E-state index contributed by atoms with van der Waals surface area (Å²) in [7, 11) is 0. The van der Waals surface area contributed by atoms with E-state index in [1.54, 1.807) is 0 Å². The zero-order valence-corrected chi connectivity index (χ0v) is 6.94. The molecular formula is C6H10BrNO. The Morgan fingerprint density at radius 1 is 1.78 bits per heavy atom. The summed E-state index contributed by atoms with van der Waals surface area (Å²) in [6, 6.07) is 0. The van der Waals surface area contributed by atoms with Crippen LogP contribution in [0.25, 0.3) is 0 Å². The number of carbonyl (C=O) groups is 1. The molecule has 2 atom stereocenters. The molecule has 1 aliphatic heterocycles. The van der Waals surface area contributed by atoms with Gasteiger partial charge in [-0.2, -0.15) is 0 Å². The van der Waals surface area contributed by atoms with Gasteiger partial charge in [-0.3, -0.25) is 4.79 Å². The first-order valence-electron chi connectivity index (χ1n) is 3.13. The Labute approximate surface area is 63.1 Å². The van der Waals surface area contributed by atoms with Gasteiger partial charge in [-0.15, -0.1) is 0 Å². The highest BCUT2D eigenvalue weighted by Crippen LogP contribution is 2.18. The molecule has 2 nitrogen and oxygen atoms in total. The summed E-state index contributed by atoms with van der Waals surface area (Å²) in [6.07, 6.45) is 1.08. The van der Waals surface area contributed by atoms with E-state index >= 15 is 0 Å². The van der Waals surface area contributed by atoms with E-state index in [1.165, 1.54) is 0 Å². The van der Waals surface area contributed by atoms with Crippen molar-refractivity contribution in [2.45, 2.75) is 18.2 Å². The topological polar surface area (TPSA) is 29.1 Å². The van der Waals surface area contributed by atoms with E-state index in [0.29, 0.717) is 5.92 Å². The van der Waals surface area contributed by atoms with Gasteiger partial charge in [-0.1, -0.05) is 22.9 Å². The van der Waals surface area contributed by atoms with Crippen LogP contribution in [0, 0.1) is 5.92 Å². The van der Waals surface area contributed by atoms with Crippen LogP contribution in [0.15, 0.2) is 0 Å². The van der Waals surface area contributed by atoms with Gasteiger partial charge in [0.05, 0.1) is 4.83 Å². The number of hydrogen-bond donors (Lipinski definition) is 1. The second-order valence-corrected chi connectivity index (χ2v) is 3.45. The molecule has 1 aliphatic rings. The molecule has 1 amide bonds. The molecule has 9 heavy (non-hydrogen) atoms. The van der Waals surface area contributed by atoms with E-state index in [2.05, 4.69) is 28.2 Å². The SMILES string of the molecule is C[C@@H]1CCNC(=O)[C@H]1Br. The van der Waals surface area contributed by atoms with Crippen molar-refractivity contribution in [3.05, 3.63) is 0 Å². The first-order chi connectivity index (χ1) is 4.22. The molecule has 1 N–H and O–H groups in total. The van der Waals surface area contributed by atoms with E-state index in [9.17, 15) is 4.79 Å². The Morgan fingerprint density at radius 3 is 2.89 bits per heavy atom. The summed E-state index contributed by atoms with van der Waals surface area (Å²) in [5.74, 6) is 0.618. The van der Waals surface area contributed by atoms with Gasteiger partial charge in [0.25, 0.3) is 0 Å². The van der Waals surface area contributed by atoms with Crippen LogP contribution in [0.5, 0.6) is 0 Å². The van der Waals surface area contributed by atoms with Gasteiger partial charge in [0.2, 0.25) is 5.91 Å². The van der Waals surface area contributed by atoms with Crippen molar-refractivity contribution in [2.75, 3.05) is 6.54 Å². The molecule has 3 heteroatoms. The standard InChI is InChI=1S/C6H10BrNO/c1-4-2-3-8-6(9)5(4)7/h4-5H,2-3H2,1H3,(H,8,9)/t4-,5+/m1/s1. The van der Waals surface area contributed by atoms with Gasteiger partial charge in [0, 0.05) is 6.54 Å². The molecule has 0 aromatic heterocycles. The van der Waals surface area contributed by atoms with E-state index in [4.69, 9.17) is 0 Å². The summed E-state index contributed by atoms with van der Waals surface area (Å²) in [6.45, 7) is 2.92. The molecule has 0 spiro atoms. The normalized spacial score (nSPS) is 36.0. The van der Waals surface area contributed by atoms with Crippen LogP contribution in [0.2, 0.25) is 0 Å². The van der Waals surface area contributed by atoms with Gasteiger partial charge in [0.1, 0.15) is 0 Å². The van der Waals surface area contributed by atoms with Crippen molar-refractivity contribution in [1.29, 1.82) is 0 Å². The van der Waals surface area contributed by atoms with Gasteiger partial charge in [-0.05, 0) is 12.3 Å². The fourth-order valence-electron chi connectivity index (χ4n) is 0.925. The summed E-state index contributed by atoms with van der Waals surface area (Å²) in [4.78, 5) is 10.9. The van der Waals surface area contributed by atoms with Gasteiger partial charge in [0.15, 0.2) is 0 Å². The summed E-state index contributed by atoms with van der Waals surface area (Å²) < 4.78 is 0. The molecule has 0 bridgehead atoms. The molecular weight excluding hydrogens is 182 g/mol. The number of amides is 1. The van der Waals surface area contributed by atoms with Gasteiger partial charge >= 0.3 is 0 Å². The highest BCUT2D eigenvalue weighted by Gasteiger charge is 2.25. The molecule has 0 aliphatic carbocycles. The molecule has 0 aromatic rings. The van der Waals surface area contributed by atoms with Crippen LogP contribution in [0.4, 0.5) is 0 Å². The number of hydrogen-bond acceptors (Lipinski definition) is 1. The van der Waals surface area contributed by atoms with Crippen molar-refractivity contribution >= 4 is 21.8 Å². The predicted octanol–water partition coefficient (Wildman–Crippen LogP) is 0.906. The lowest BCUT2D eigenvalue weighted by Gasteiger charge is -2.23. The third-order valence-corrected chi connectivity index (χ3v) is 2.97. The highest BCUT2D eigenvalue weighted by molar-refractivity contribution is 9.10. The van der Waals surface area contributed by atoms with Crippen molar-refractivity contribution in [2.24, 2.45) is 5.92 Å². The minimum atomic E-state index is 0.0336. The highest BCUT2D eigenvalue weighted by atomic mass is 79.9. The maximum absolute atomic E-state index is 10.8. The van der Waals surface area contributed by atoms with E-state index < -0.39 is 0 Å². The monoisotopic (exact) mass is 191 g/mol. The zero-order valence-electron chi connectivity index (χ0n) is 5.36. The number of rotatable bonds is 0. The minimum absolute atomic E-state index is 0.0336. The molecule has 1 rings (SSSR count). The third-order valence-electron chi connectivity index (χ3n) is 1.65. The Balaban J connectivity index is 2.51. The lowest BCUT2D eigenvalue weighted by molar-refractivity contribution is -0.122. The van der Waals surface area contributed by atoms with Crippen molar-refractivity contribution < 1.29 is 4.79 Å². The number of piperidine rings is 1. The Hall–Kier alpha value is -0.0500. The molecule has 0 unspecified atom stereocenters. The fourth-order valence-corrected chi connectivity index (χ4v) is 1.35. The van der Waals surface area contributed by atoms with Crippen LogP contribution in [0.1, 0.15) is 13.3 Å². The maximum atomic E-state index is 10.8. The maximum Gasteiger partial charge on any atom is 0.234 e. The summed E-state index contributed by atoms with van der Waals surface area (Å²) in [5, 5.41) is 2.78. The predicted molar refractivity (Wildman–Crippen MR) is 39.5 cm³/mol. The Bertz CT molecular complexity index is 126. The van der Waals surface area contributed by atoms with Crippen LogP contribution in [-0.4, -0.2) is 17.3 Å². The Kier molecular flexibility index (Phi) is 2.11. The van der Waals surface area contributed by atoms with Crippen molar-refractivity contribution in [3.63, 3.8) is 0 Å². The van der Waals surface area contributed by atoms with Gasteiger partial charge in [-0.25, -0.2) is 0 Å². The average Bonchev–Trinajstić information content (AvgIpc) is 1.83. The van der Waals surface area contributed by atoms with Crippen molar-refractivity contribution in [1.82, 2.24) is 5.32 Å². The van der Waals surface area contributed by atoms with E-state index in [0.717, 1.165) is 13.0 Å². The van der Waals surface area contributed by atoms with Crippen LogP contribution >= 0.6 is 15.9 Å². The third kappa shape index (κ3) is 1.45. The van der Waals surface area contributed by atoms with E-state index in [-0.39, 0.29) is 10.7 Å². The average molecular weight is 192 g/mol. The largest absolute Gasteiger partial charge is 0.355 e. The quantitative estimate of drug-likeness (QED) is 0.567. The van der Waals surface area contributed by atoms with Crippen molar-refractivity contribution in [3.8, 4) is 0 Å². The van der Waals surface area contributed by atoms with Crippen LogP contribution in [0.3, 0.4) is 0 Å². The van der Waals surface area contributed by atoms with E-state index in [1.807, 2.05) is 0 Å². The summed E-state index contributed by atoms with van der Waals surface area (Å²) >= 11 is 3.31. The lowest BCUT2D eigenvalue weighted by atomic mass is 10.0. The molecule has 52 valence electrons. The molecule has 0 saturated carbocycles. The van der Waals surface area contributed by atoms with Crippen LogP contribution in [-0.2, 0) is 4.79 Å². The number of nitrogens with one attached hydrogen (secondary N) is 1. The molecule has 1 saturated heterocycles. The molecule has 1 fully saturated rings.